The van der Waals surface area contributed by atoms with E-state index in [-0.39, 0.29) is 5.54 Å². The van der Waals surface area contributed by atoms with Crippen molar-refractivity contribution in [1.29, 1.82) is 0 Å². The van der Waals surface area contributed by atoms with E-state index in [1.165, 1.54) is 64.2 Å². The zero-order valence-corrected chi connectivity index (χ0v) is 10.7. The fourth-order valence-corrected chi connectivity index (χ4v) is 2.92. The van der Waals surface area contributed by atoms with Crippen LogP contribution in [0.4, 0.5) is 0 Å². The number of unbranched alkanes of at least 4 members (excludes halogenated alkanes) is 5. The van der Waals surface area contributed by atoms with E-state index in [0.717, 1.165) is 5.92 Å². The van der Waals surface area contributed by atoms with Gasteiger partial charge in [0.1, 0.15) is 0 Å². The first-order chi connectivity index (χ1) is 7.16. The lowest BCUT2D eigenvalue weighted by atomic mass is 9.90. The van der Waals surface area contributed by atoms with Crippen molar-refractivity contribution in [3.05, 3.63) is 0 Å². The average molecular weight is 211 g/mol. The summed E-state index contributed by atoms with van der Waals surface area (Å²) in [6.07, 6.45) is 13.5. The molecule has 0 aliphatic heterocycles. The Morgan fingerprint density at radius 3 is 2.40 bits per heavy atom. The Kier molecular flexibility index (Phi) is 5.66. The highest BCUT2D eigenvalue weighted by Crippen LogP contribution is 2.35. The minimum Gasteiger partial charge on any atom is -0.325 e. The van der Waals surface area contributed by atoms with Gasteiger partial charge in [0, 0.05) is 5.54 Å². The number of rotatable bonds is 7. The van der Waals surface area contributed by atoms with E-state index in [2.05, 4.69) is 13.8 Å². The highest BCUT2D eigenvalue weighted by Gasteiger charge is 2.32. The van der Waals surface area contributed by atoms with Crippen molar-refractivity contribution in [1.82, 2.24) is 0 Å². The topological polar surface area (TPSA) is 26.0 Å². The molecule has 0 bridgehead atoms. The second-order valence-electron chi connectivity index (χ2n) is 5.73. The molecule has 1 aliphatic carbocycles. The molecule has 0 spiro atoms. The predicted octanol–water partition coefficient (Wildman–Crippen LogP) is 4.25. The quantitative estimate of drug-likeness (QED) is 0.626. The van der Waals surface area contributed by atoms with E-state index in [1.54, 1.807) is 0 Å². The molecule has 0 aromatic heterocycles. The van der Waals surface area contributed by atoms with Gasteiger partial charge in [0.15, 0.2) is 0 Å². The summed E-state index contributed by atoms with van der Waals surface area (Å²) in [7, 11) is 0. The van der Waals surface area contributed by atoms with E-state index in [1.807, 2.05) is 0 Å². The van der Waals surface area contributed by atoms with Gasteiger partial charge in [-0.1, -0.05) is 52.4 Å². The third kappa shape index (κ3) is 5.01. The maximum absolute atomic E-state index is 6.39. The van der Waals surface area contributed by atoms with Crippen LogP contribution in [-0.4, -0.2) is 5.54 Å². The Balaban J connectivity index is 2.00. The third-order valence-electron chi connectivity index (χ3n) is 3.92. The molecule has 0 aromatic rings. The molecule has 15 heavy (non-hydrogen) atoms. The molecule has 1 aliphatic rings. The van der Waals surface area contributed by atoms with Crippen LogP contribution in [0.2, 0.25) is 0 Å². The van der Waals surface area contributed by atoms with E-state index in [9.17, 15) is 0 Å². The third-order valence-corrected chi connectivity index (χ3v) is 3.92. The van der Waals surface area contributed by atoms with Gasteiger partial charge in [-0.3, -0.25) is 0 Å². The summed E-state index contributed by atoms with van der Waals surface area (Å²) < 4.78 is 0. The second kappa shape index (κ2) is 6.52. The molecule has 1 nitrogen and oxygen atoms in total. The molecule has 1 fully saturated rings. The Morgan fingerprint density at radius 2 is 1.80 bits per heavy atom. The molecular formula is C14H29N. The van der Waals surface area contributed by atoms with Gasteiger partial charge in [0.05, 0.1) is 0 Å². The maximum atomic E-state index is 6.39. The lowest BCUT2D eigenvalue weighted by Gasteiger charge is -2.23. The zero-order valence-electron chi connectivity index (χ0n) is 10.7. The molecule has 0 amide bonds. The summed E-state index contributed by atoms with van der Waals surface area (Å²) in [4.78, 5) is 0. The molecule has 2 unspecified atom stereocenters. The van der Waals surface area contributed by atoms with Crippen molar-refractivity contribution in [2.75, 3.05) is 0 Å². The maximum Gasteiger partial charge on any atom is 0.0157 e. The first-order valence-electron chi connectivity index (χ1n) is 6.95. The summed E-state index contributed by atoms with van der Waals surface area (Å²) in [6.45, 7) is 4.62. The molecule has 0 radical (unpaired) electrons. The van der Waals surface area contributed by atoms with Crippen molar-refractivity contribution in [2.24, 2.45) is 11.7 Å². The first kappa shape index (κ1) is 13.0. The lowest BCUT2D eigenvalue weighted by Crippen LogP contribution is -2.36. The van der Waals surface area contributed by atoms with Crippen molar-refractivity contribution < 1.29 is 0 Å². The molecule has 90 valence electrons. The Morgan fingerprint density at radius 1 is 1.13 bits per heavy atom. The van der Waals surface area contributed by atoms with E-state index < -0.39 is 0 Å². The lowest BCUT2D eigenvalue weighted by molar-refractivity contribution is 0.372. The standard InChI is InChI=1S/C14H29N/c1-3-4-5-6-7-8-10-14(15)11-9-13(2)12-14/h13H,3-12,15H2,1-2H3. The van der Waals surface area contributed by atoms with Crippen LogP contribution in [-0.2, 0) is 0 Å². The van der Waals surface area contributed by atoms with Crippen LogP contribution in [0.5, 0.6) is 0 Å². The van der Waals surface area contributed by atoms with Crippen LogP contribution in [0.1, 0.15) is 78.1 Å². The van der Waals surface area contributed by atoms with Crippen molar-refractivity contribution in [2.45, 2.75) is 83.6 Å². The normalized spacial score (nSPS) is 31.0. The van der Waals surface area contributed by atoms with E-state index in [4.69, 9.17) is 5.73 Å². The van der Waals surface area contributed by atoms with Gasteiger partial charge in [-0.15, -0.1) is 0 Å². The molecule has 0 saturated heterocycles. The summed E-state index contributed by atoms with van der Waals surface area (Å²) in [5, 5.41) is 0. The van der Waals surface area contributed by atoms with E-state index in [0.29, 0.717) is 0 Å². The number of nitrogens with two attached hydrogens (primary N) is 1. The smallest absolute Gasteiger partial charge is 0.0157 e. The molecule has 1 heteroatoms. The van der Waals surface area contributed by atoms with E-state index >= 15 is 0 Å². The van der Waals surface area contributed by atoms with Gasteiger partial charge in [-0.25, -0.2) is 0 Å². The van der Waals surface area contributed by atoms with Crippen molar-refractivity contribution in [3.8, 4) is 0 Å². The highest BCUT2D eigenvalue weighted by atomic mass is 14.8. The first-order valence-corrected chi connectivity index (χ1v) is 6.95. The fourth-order valence-electron chi connectivity index (χ4n) is 2.92. The fraction of sp³-hybridized carbons (Fsp3) is 1.00. The monoisotopic (exact) mass is 211 g/mol. The summed E-state index contributed by atoms with van der Waals surface area (Å²) >= 11 is 0. The van der Waals surface area contributed by atoms with Gasteiger partial charge < -0.3 is 5.73 Å². The minimum absolute atomic E-state index is 0.212. The van der Waals surface area contributed by atoms with Crippen LogP contribution in [0, 0.1) is 5.92 Å². The van der Waals surface area contributed by atoms with Gasteiger partial charge in [-0.2, -0.15) is 0 Å². The summed E-state index contributed by atoms with van der Waals surface area (Å²) in [5.74, 6) is 0.870. The van der Waals surface area contributed by atoms with Crippen LogP contribution in [0.3, 0.4) is 0 Å². The molecule has 2 N–H and O–H groups in total. The Bertz CT molecular complexity index is 167. The SMILES string of the molecule is CCCCCCCCC1(N)CCC(C)C1. The Labute approximate surface area is 95.8 Å². The molecular weight excluding hydrogens is 182 g/mol. The number of hydrogen-bond donors (Lipinski definition) is 1. The average Bonchev–Trinajstić information content (AvgIpc) is 2.53. The minimum atomic E-state index is 0.212. The van der Waals surface area contributed by atoms with Gasteiger partial charge in [0.25, 0.3) is 0 Å². The van der Waals surface area contributed by atoms with Crippen molar-refractivity contribution >= 4 is 0 Å². The summed E-state index contributed by atoms with van der Waals surface area (Å²) in [5.41, 5.74) is 6.60. The van der Waals surface area contributed by atoms with Crippen LogP contribution < -0.4 is 5.73 Å². The van der Waals surface area contributed by atoms with Crippen molar-refractivity contribution in [3.63, 3.8) is 0 Å². The van der Waals surface area contributed by atoms with Gasteiger partial charge in [-0.05, 0) is 31.6 Å². The van der Waals surface area contributed by atoms with Crippen LogP contribution in [0.15, 0.2) is 0 Å². The van der Waals surface area contributed by atoms with Gasteiger partial charge >= 0.3 is 0 Å². The molecule has 2 atom stereocenters. The van der Waals surface area contributed by atoms with Gasteiger partial charge in [0.2, 0.25) is 0 Å². The Hall–Kier alpha value is -0.0400. The largest absolute Gasteiger partial charge is 0.325 e. The molecule has 1 saturated carbocycles. The zero-order chi connectivity index (χ0) is 11.1. The molecule has 1 rings (SSSR count). The number of hydrogen-bond acceptors (Lipinski definition) is 1. The molecule has 0 heterocycles. The predicted molar refractivity (Wildman–Crippen MR) is 67.9 cm³/mol. The molecule has 0 aromatic carbocycles. The highest BCUT2D eigenvalue weighted by molar-refractivity contribution is 4.91. The van der Waals surface area contributed by atoms with Crippen LogP contribution >= 0.6 is 0 Å². The summed E-state index contributed by atoms with van der Waals surface area (Å²) in [6, 6.07) is 0. The second-order valence-corrected chi connectivity index (χ2v) is 5.73. The van der Waals surface area contributed by atoms with Crippen LogP contribution in [0.25, 0.3) is 0 Å².